The number of nitrogens with zero attached hydrogens (tertiary/aromatic N) is 5. The summed E-state index contributed by atoms with van der Waals surface area (Å²) in [6, 6.07) is 13.3. The lowest BCUT2D eigenvalue weighted by Gasteiger charge is -2.37. The van der Waals surface area contributed by atoms with E-state index in [9.17, 15) is 31.9 Å². The second-order valence-corrected chi connectivity index (χ2v) is 12.3. The van der Waals surface area contributed by atoms with Gasteiger partial charge in [-0.1, -0.05) is 29.8 Å². The van der Waals surface area contributed by atoms with Crippen molar-refractivity contribution in [1.29, 1.82) is 0 Å². The van der Waals surface area contributed by atoms with E-state index in [0.717, 1.165) is 54.9 Å². The SMILES string of the molecule is Cl.O=C(O)c1cnn(C2CCCN(c3cc(Cl)ccc3-c3ccc(N4CCN(C[C@@H]5C[C@@H]5C(F)(F)F)CC4)cc3)C2)c1C(F)F. The van der Waals surface area contributed by atoms with Crippen LogP contribution in [0.25, 0.3) is 11.1 Å². The first kappa shape index (κ1) is 33.3. The van der Waals surface area contributed by atoms with E-state index in [0.29, 0.717) is 37.5 Å². The minimum atomic E-state index is -4.09. The van der Waals surface area contributed by atoms with Gasteiger partial charge in [0.05, 0.1) is 18.2 Å². The zero-order valence-electron chi connectivity index (χ0n) is 24.3. The topological polar surface area (TPSA) is 64.8 Å². The van der Waals surface area contributed by atoms with E-state index in [1.165, 1.54) is 4.68 Å². The van der Waals surface area contributed by atoms with Gasteiger partial charge in [-0.25, -0.2) is 13.6 Å². The molecule has 0 bridgehead atoms. The molecule has 1 saturated carbocycles. The first-order valence-corrected chi connectivity index (χ1v) is 15.1. The maximum Gasteiger partial charge on any atom is 0.392 e. The highest BCUT2D eigenvalue weighted by Gasteiger charge is 2.55. The number of carbonyl (C=O) groups is 1. The number of anilines is 2. The van der Waals surface area contributed by atoms with Crippen molar-refractivity contribution in [3.05, 3.63) is 64.9 Å². The predicted molar refractivity (Wildman–Crippen MR) is 165 cm³/mol. The summed E-state index contributed by atoms with van der Waals surface area (Å²) in [6.45, 7) is 4.45. The Bertz CT molecular complexity index is 1490. The number of aromatic nitrogens is 2. The molecular weight excluding hydrogens is 640 g/mol. The molecule has 1 N–H and O–H groups in total. The molecule has 2 saturated heterocycles. The van der Waals surface area contributed by atoms with Crippen molar-refractivity contribution in [2.24, 2.45) is 11.8 Å². The van der Waals surface area contributed by atoms with Gasteiger partial charge in [0.25, 0.3) is 6.43 Å². The van der Waals surface area contributed by atoms with Crippen LogP contribution in [0.15, 0.2) is 48.7 Å². The fourth-order valence-electron chi connectivity index (χ4n) is 6.65. The van der Waals surface area contributed by atoms with Crippen LogP contribution in [0, 0.1) is 11.8 Å². The van der Waals surface area contributed by atoms with Gasteiger partial charge in [-0.3, -0.25) is 9.58 Å². The Labute approximate surface area is 268 Å². The number of aromatic carboxylic acids is 1. The summed E-state index contributed by atoms with van der Waals surface area (Å²) in [4.78, 5) is 18.0. The Balaban J connectivity index is 0.00000400. The van der Waals surface area contributed by atoms with Gasteiger partial charge in [-0.15, -0.1) is 12.4 Å². The molecule has 6 rings (SSSR count). The second-order valence-electron chi connectivity index (χ2n) is 11.9. The van der Waals surface area contributed by atoms with Gasteiger partial charge in [0.2, 0.25) is 0 Å². The number of benzene rings is 2. The maximum absolute atomic E-state index is 13.9. The summed E-state index contributed by atoms with van der Waals surface area (Å²) in [5.41, 5.74) is 2.70. The van der Waals surface area contributed by atoms with E-state index >= 15 is 0 Å². The average molecular weight is 675 g/mol. The smallest absolute Gasteiger partial charge is 0.392 e. The lowest BCUT2D eigenvalue weighted by Crippen LogP contribution is -2.47. The summed E-state index contributed by atoms with van der Waals surface area (Å²) >= 11 is 6.41. The fourth-order valence-corrected chi connectivity index (χ4v) is 6.82. The fraction of sp³-hybridized carbons (Fsp3) is 0.484. The van der Waals surface area contributed by atoms with Crippen molar-refractivity contribution in [2.45, 2.75) is 37.9 Å². The number of hydrogen-bond acceptors (Lipinski definition) is 5. The van der Waals surface area contributed by atoms with Gasteiger partial charge in [0.1, 0.15) is 11.3 Å². The lowest BCUT2D eigenvalue weighted by molar-refractivity contribution is -0.151. The van der Waals surface area contributed by atoms with Crippen LogP contribution in [0.1, 0.15) is 47.8 Å². The molecular formula is C31H34Cl2F5N5O2. The third-order valence-corrected chi connectivity index (χ3v) is 9.30. The van der Waals surface area contributed by atoms with E-state index in [4.69, 9.17) is 11.6 Å². The number of alkyl halides is 5. The van der Waals surface area contributed by atoms with E-state index in [2.05, 4.69) is 19.8 Å². The Hall–Kier alpha value is -3.09. The summed E-state index contributed by atoms with van der Waals surface area (Å²) in [5, 5.41) is 14.0. The van der Waals surface area contributed by atoms with Crippen molar-refractivity contribution in [1.82, 2.24) is 14.7 Å². The van der Waals surface area contributed by atoms with Crippen LogP contribution in [0.4, 0.5) is 33.3 Å². The molecule has 14 heteroatoms. The summed E-state index contributed by atoms with van der Waals surface area (Å²) in [6.07, 6.45) is -4.55. The van der Waals surface area contributed by atoms with Gasteiger partial charge in [-0.05, 0) is 55.0 Å². The third-order valence-electron chi connectivity index (χ3n) is 9.07. The van der Waals surface area contributed by atoms with Crippen molar-refractivity contribution < 1.29 is 31.9 Å². The predicted octanol–water partition coefficient (Wildman–Crippen LogP) is 7.42. The molecule has 45 heavy (non-hydrogen) atoms. The van der Waals surface area contributed by atoms with Crippen LogP contribution in [0.5, 0.6) is 0 Å². The molecule has 2 aliphatic heterocycles. The summed E-state index contributed by atoms with van der Waals surface area (Å²) < 4.78 is 67.7. The Kier molecular flexibility index (Phi) is 9.86. The van der Waals surface area contributed by atoms with Crippen LogP contribution in [-0.2, 0) is 0 Å². The quantitative estimate of drug-likeness (QED) is 0.251. The van der Waals surface area contributed by atoms with Crippen molar-refractivity contribution in [3.8, 4) is 11.1 Å². The highest BCUT2D eigenvalue weighted by atomic mass is 35.5. The Morgan fingerprint density at radius 1 is 1.02 bits per heavy atom. The van der Waals surface area contributed by atoms with E-state index < -0.39 is 41.8 Å². The van der Waals surface area contributed by atoms with E-state index in [1.54, 1.807) is 6.07 Å². The molecule has 1 aliphatic carbocycles. The van der Waals surface area contributed by atoms with Gasteiger partial charge < -0.3 is 14.9 Å². The number of piperidine rings is 1. The van der Waals surface area contributed by atoms with E-state index in [1.807, 2.05) is 36.4 Å². The number of halogens is 7. The average Bonchev–Trinajstić information content (AvgIpc) is 3.63. The Morgan fingerprint density at radius 2 is 1.73 bits per heavy atom. The van der Waals surface area contributed by atoms with Crippen LogP contribution in [-0.4, -0.2) is 77.7 Å². The highest BCUT2D eigenvalue weighted by molar-refractivity contribution is 6.31. The molecule has 1 unspecified atom stereocenters. The van der Waals surface area contributed by atoms with Crippen LogP contribution in [0.3, 0.4) is 0 Å². The third kappa shape index (κ3) is 7.18. The first-order valence-electron chi connectivity index (χ1n) is 14.8. The lowest BCUT2D eigenvalue weighted by atomic mass is 9.99. The standard InChI is InChI=1S/C31H33ClF5N5O2.ClH/c32-21-5-8-24(27(15-21)41-9-1-2-23(18-41)42-28(29(33)34)25(16-38-42)30(43)44)19-3-6-22(7-4-19)40-12-10-39(11-13-40)17-20-14-26(20)31(35,36)37;/h3-8,15-16,20,23,26,29H,1-2,9-14,17-18H2,(H,43,44);1H/t20-,23?,26-;/m0./s1. The van der Waals surface area contributed by atoms with Crippen LogP contribution >= 0.6 is 24.0 Å². The number of carboxylic acid groups (broad SMARTS) is 1. The van der Waals surface area contributed by atoms with Crippen molar-refractivity contribution in [3.63, 3.8) is 0 Å². The first-order chi connectivity index (χ1) is 21.0. The molecule has 3 aliphatic rings. The number of carboxylic acids is 1. The summed E-state index contributed by atoms with van der Waals surface area (Å²) in [5.74, 6) is -2.86. The minimum Gasteiger partial charge on any atom is -0.478 e. The highest BCUT2D eigenvalue weighted by Crippen LogP contribution is 2.50. The van der Waals surface area contributed by atoms with Crippen molar-refractivity contribution >= 4 is 41.4 Å². The number of piperazine rings is 1. The monoisotopic (exact) mass is 673 g/mol. The number of hydrogen-bond donors (Lipinski definition) is 1. The van der Waals surface area contributed by atoms with Gasteiger partial charge >= 0.3 is 12.1 Å². The molecule has 0 radical (unpaired) electrons. The molecule has 2 aromatic carbocycles. The normalized spacial score (nSPS) is 22.4. The summed E-state index contributed by atoms with van der Waals surface area (Å²) in [7, 11) is 0. The maximum atomic E-state index is 13.9. The molecule has 0 amide bonds. The molecule has 3 aromatic rings. The van der Waals surface area contributed by atoms with Crippen molar-refractivity contribution in [2.75, 3.05) is 55.6 Å². The molecule has 244 valence electrons. The minimum absolute atomic E-state index is 0. The molecule has 3 fully saturated rings. The van der Waals surface area contributed by atoms with Crippen LogP contribution < -0.4 is 9.80 Å². The molecule has 3 heterocycles. The largest absolute Gasteiger partial charge is 0.478 e. The van der Waals surface area contributed by atoms with Gasteiger partial charge in [-0.2, -0.15) is 18.3 Å². The van der Waals surface area contributed by atoms with Crippen LogP contribution in [0.2, 0.25) is 5.02 Å². The Morgan fingerprint density at radius 3 is 2.36 bits per heavy atom. The number of rotatable bonds is 8. The second kappa shape index (κ2) is 13.3. The van der Waals surface area contributed by atoms with Gasteiger partial charge in [0.15, 0.2) is 0 Å². The molecule has 1 aromatic heterocycles. The zero-order chi connectivity index (χ0) is 31.2. The van der Waals surface area contributed by atoms with E-state index in [-0.39, 0.29) is 24.7 Å². The molecule has 3 atom stereocenters. The molecule has 7 nitrogen and oxygen atoms in total. The molecule has 0 spiro atoms. The zero-order valence-corrected chi connectivity index (χ0v) is 25.8. The van der Waals surface area contributed by atoms with Gasteiger partial charge in [0, 0.05) is 67.8 Å².